The van der Waals surface area contributed by atoms with Gasteiger partial charge in [0.1, 0.15) is 0 Å². The van der Waals surface area contributed by atoms with E-state index in [1.165, 1.54) is 0 Å². The largest absolute Gasteiger partial charge is 0.388 e. The molecule has 5 nitrogen and oxygen atoms in total. The molecule has 0 bridgehead atoms. The molecule has 2 rings (SSSR count). The molecule has 0 unspecified atom stereocenters. The van der Waals surface area contributed by atoms with Crippen LogP contribution in [0.4, 0.5) is 11.6 Å². The first kappa shape index (κ1) is 10.5. The summed E-state index contributed by atoms with van der Waals surface area (Å²) in [5.74, 6) is 1.59. The van der Waals surface area contributed by atoms with E-state index in [1.807, 2.05) is 50.0 Å². The normalized spacial score (nSPS) is 10.2. The molecule has 1 aromatic carbocycles. The van der Waals surface area contributed by atoms with Gasteiger partial charge in [-0.1, -0.05) is 12.1 Å². The lowest BCUT2D eigenvalue weighted by Crippen LogP contribution is -2.01. The second kappa shape index (κ2) is 4.22. The van der Waals surface area contributed by atoms with Crippen LogP contribution in [-0.4, -0.2) is 28.9 Å². The van der Waals surface area contributed by atoms with E-state index < -0.39 is 0 Å². The zero-order valence-corrected chi connectivity index (χ0v) is 9.65. The van der Waals surface area contributed by atoms with Crippen LogP contribution in [0.2, 0.25) is 0 Å². The molecule has 0 aliphatic rings. The summed E-state index contributed by atoms with van der Waals surface area (Å²) < 4.78 is 1.93. The van der Waals surface area contributed by atoms with Gasteiger partial charge in [-0.05, 0) is 12.1 Å². The zero-order valence-electron chi connectivity index (χ0n) is 9.65. The fourth-order valence-electron chi connectivity index (χ4n) is 1.68. The number of nitrogens with zero attached hydrogens (tertiary/aromatic N) is 3. The molecule has 0 atom stereocenters. The highest BCUT2D eigenvalue weighted by Crippen LogP contribution is 2.26. The van der Waals surface area contributed by atoms with Crippen molar-refractivity contribution in [1.29, 1.82) is 0 Å². The predicted molar refractivity (Wildman–Crippen MR) is 65.5 cm³/mol. The van der Waals surface area contributed by atoms with Gasteiger partial charge in [0.05, 0.1) is 0 Å². The lowest BCUT2D eigenvalue weighted by molar-refractivity contribution is 0.925. The zero-order chi connectivity index (χ0) is 11.5. The number of para-hydroxylation sites is 1. The number of hydrogen-bond donors (Lipinski definition) is 2. The summed E-state index contributed by atoms with van der Waals surface area (Å²) in [4.78, 5) is 0. The van der Waals surface area contributed by atoms with Gasteiger partial charge in [0, 0.05) is 32.4 Å². The summed E-state index contributed by atoms with van der Waals surface area (Å²) in [5.41, 5.74) is 2.09. The Bertz CT molecular complexity index is 489. The highest BCUT2D eigenvalue weighted by molar-refractivity contribution is 5.73. The molecule has 16 heavy (non-hydrogen) atoms. The Morgan fingerprint density at radius 3 is 2.44 bits per heavy atom. The van der Waals surface area contributed by atoms with Crippen molar-refractivity contribution in [2.75, 3.05) is 24.7 Å². The van der Waals surface area contributed by atoms with E-state index in [9.17, 15) is 0 Å². The van der Waals surface area contributed by atoms with Crippen LogP contribution in [0.25, 0.3) is 11.4 Å². The maximum Gasteiger partial charge on any atom is 0.224 e. The van der Waals surface area contributed by atoms with Gasteiger partial charge in [0.2, 0.25) is 5.95 Å². The number of hydrogen-bond acceptors (Lipinski definition) is 4. The van der Waals surface area contributed by atoms with Crippen LogP contribution in [0.3, 0.4) is 0 Å². The van der Waals surface area contributed by atoms with Crippen molar-refractivity contribution in [3.05, 3.63) is 24.3 Å². The van der Waals surface area contributed by atoms with Gasteiger partial charge >= 0.3 is 0 Å². The Labute approximate surface area is 94.5 Å². The fourth-order valence-corrected chi connectivity index (χ4v) is 1.68. The number of benzene rings is 1. The maximum absolute atomic E-state index is 4.18. The molecule has 1 aromatic heterocycles. The number of anilines is 2. The second-order valence-corrected chi connectivity index (χ2v) is 3.45. The highest BCUT2D eigenvalue weighted by Gasteiger charge is 2.11. The third-order valence-corrected chi connectivity index (χ3v) is 2.54. The summed E-state index contributed by atoms with van der Waals surface area (Å²) in [6.45, 7) is 0. The Kier molecular flexibility index (Phi) is 2.76. The first-order chi connectivity index (χ1) is 7.77. The molecule has 0 saturated heterocycles. The van der Waals surface area contributed by atoms with E-state index in [4.69, 9.17) is 0 Å². The standard InChI is InChI=1S/C11H15N5/c1-12-9-7-5-4-6-8(9)10-14-15-11(13-2)16(10)3/h4-7,12H,1-3H3,(H,13,15). The first-order valence-electron chi connectivity index (χ1n) is 5.12. The number of nitrogens with one attached hydrogen (secondary N) is 2. The molecule has 0 spiro atoms. The van der Waals surface area contributed by atoms with E-state index >= 15 is 0 Å². The molecule has 1 heterocycles. The Hall–Kier alpha value is -2.04. The molecule has 0 fully saturated rings. The molecule has 84 valence electrons. The van der Waals surface area contributed by atoms with Gasteiger partial charge in [0.15, 0.2) is 5.82 Å². The first-order valence-corrected chi connectivity index (χ1v) is 5.12. The van der Waals surface area contributed by atoms with Crippen molar-refractivity contribution < 1.29 is 0 Å². The predicted octanol–water partition coefficient (Wildman–Crippen LogP) is 1.57. The van der Waals surface area contributed by atoms with Crippen molar-refractivity contribution in [3.8, 4) is 11.4 Å². The van der Waals surface area contributed by atoms with Crippen molar-refractivity contribution in [2.45, 2.75) is 0 Å². The fraction of sp³-hybridized carbons (Fsp3) is 0.273. The summed E-state index contributed by atoms with van der Waals surface area (Å²) in [6, 6.07) is 8.02. The molecule has 5 heteroatoms. The third kappa shape index (κ3) is 1.60. The van der Waals surface area contributed by atoms with Crippen LogP contribution in [0.1, 0.15) is 0 Å². The van der Waals surface area contributed by atoms with Crippen LogP contribution >= 0.6 is 0 Å². The van der Waals surface area contributed by atoms with E-state index in [2.05, 4.69) is 20.8 Å². The van der Waals surface area contributed by atoms with Crippen LogP contribution in [0, 0.1) is 0 Å². The maximum atomic E-state index is 4.18. The van der Waals surface area contributed by atoms with Gasteiger partial charge in [-0.15, -0.1) is 10.2 Å². The minimum atomic E-state index is 0.751. The van der Waals surface area contributed by atoms with Crippen molar-refractivity contribution in [2.24, 2.45) is 7.05 Å². The van der Waals surface area contributed by atoms with Crippen LogP contribution < -0.4 is 10.6 Å². The van der Waals surface area contributed by atoms with Gasteiger partial charge in [-0.3, -0.25) is 4.57 Å². The Morgan fingerprint density at radius 2 is 1.81 bits per heavy atom. The molecule has 0 amide bonds. The smallest absolute Gasteiger partial charge is 0.224 e. The van der Waals surface area contributed by atoms with Gasteiger partial charge in [0.25, 0.3) is 0 Å². The monoisotopic (exact) mass is 217 g/mol. The molecule has 0 saturated carbocycles. The van der Waals surface area contributed by atoms with Crippen LogP contribution in [-0.2, 0) is 7.05 Å². The van der Waals surface area contributed by atoms with E-state index in [1.54, 1.807) is 0 Å². The van der Waals surface area contributed by atoms with Gasteiger partial charge in [-0.2, -0.15) is 0 Å². The Morgan fingerprint density at radius 1 is 1.06 bits per heavy atom. The molecular weight excluding hydrogens is 202 g/mol. The lowest BCUT2D eigenvalue weighted by atomic mass is 10.1. The minimum absolute atomic E-state index is 0.751. The van der Waals surface area contributed by atoms with E-state index in [0.717, 1.165) is 23.0 Å². The number of rotatable bonds is 3. The van der Waals surface area contributed by atoms with Crippen molar-refractivity contribution in [1.82, 2.24) is 14.8 Å². The molecular formula is C11H15N5. The third-order valence-electron chi connectivity index (χ3n) is 2.54. The van der Waals surface area contributed by atoms with E-state index in [0.29, 0.717) is 0 Å². The summed E-state index contributed by atoms with van der Waals surface area (Å²) >= 11 is 0. The lowest BCUT2D eigenvalue weighted by Gasteiger charge is -2.08. The average Bonchev–Trinajstić information content (AvgIpc) is 2.70. The molecule has 0 aliphatic carbocycles. The Balaban J connectivity index is 2.54. The van der Waals surface area contributed by atoms with Crippen molar-refractivity contribution >= 4 is 11.6 Å². The molecule has 2 aromatic rings. The summed E-state index contributed by atoms with van der Waals surface area (Å²) in [5, 5.41) is 14.4. The minimum Gasteiger partial charge on any atom is -0.388 e. The summed E-state index contributed by atoms with van der Waals surface area (Å²) in [6.07, 6.45) is 0. The van der Waals surface area contributed by atoms with E-state index in [-0.39, 0.29) is 0 Å². The molecule has 0 radical (unpaired) electrons. The van der Waals surface area contributed by atoms with Gasteiger partial charge in [-0.25, -0.2) is 0 Å². The van der Waals surface area contributed by atoms with Crippen molar-refractivity contribution in [3.63, 3.8) is 0 Å². The second-order valence-electron chi connectivity index (χ2n) is 3.45. The highest BCUT2D eigenvalue weighted by atomic mass is 15.3. The average molecular weight is 217 g/mol. The summed E-state index contributed by atoms with van der Waals surface area (Å²) in [7, 11) is 5.67. The molecule has 2 N–H and O–H groups in total. The SMILES string of the molecule is CNc1ccccc1-c1nnc(NC)n1C. The van der Waals surface area contributed by atoms with Gasteiger partial charge < -0.3 is 10.6 Å². The number of aromatic nitrogens is 3. The van der Waals surface area contributed by atoms with Crippen LogP contribution in [0.15, 0.2) is 24.3 Å². The topological polar surface area (TPSA) is 54.8 Å². The molecule has 0 aliphatic heterocycles. The van der Waals surface area contributed by atoms with Crippen LogP contribution in [0.5, 0.6) is 0 Å². The quantitative estimate of drug-likeness (QED) is 0.819.